The number of benzene rings is 3. The van der Waals surface area contributed by atoms with Crippen molar-refractivity contribution in [3.8, 4) is 5.75 Å². The molecular formula is C31H30ClF4N5O7. The van der Waals surface area contributed by atoms with E-state index in [0.717, 1.165) is 0 Å². The molecule has 0 saturated heterocycles. The van der Waals surface area contributed by atoms with Crippen molar-refractivity contribution < 1.29 is 51.4 Å². The topological polar surface area (TPSA) is 180 Å². The van der Waals surface area contributed by atoms with E-state index in [1.54, 1.807) is 26.8 Å². The summed E-state index contributed by atoms with van der Waals surface area (Å²) in [5, 5.41) is 14.7. The van der Waals surface area contributed by atoms with Gasteiger partial charge < -0.3 is 26.2 Å². The molecule has 0 aromatic heterocycles. The molecule has 3 rings (SSSR count). The molecule has 0 fully saturated rings. The van der Waals surface area contributed by atoms with Gasteiger partial charge in [0.1, 0.15) is 18.6 Å². The highest BCUT2D eigenvalue weighted by Crippen LogP contribution is 2.27. The summed E-state index contributed by atoms with van der Waals surface area (Å²) in [7, 11) is 0. The van der Waals surface area contributed by atoms with E-state index in [2.05, 4.69) is 15.4 Å². The molecule has 0 aliphatic rings. The number of nitrogens with two attached hydrogens (primary N) is 1. The molecule has 0 aliphatic heterocycles. The van der Waals surface area contributed by atoms with Crippen LogP contribution in [0.25, 0.3) is 0 Å². The Morgan fingerprint density at radius 2 is 1.52 bits per heavy atom. The van der Waals surface area contributed by atoms with Gasteiger partial charge in [0, 0.05) is 11.6 Å². The number of carboxylic acids is 1. The van der Waals surface area contributed by atoms with Crippen molar-refractivity contribution in [1.29, 1.82) is 0 Å². The molecule has 0 spiro atoms. The van der Waals surface area contributed by atoms with Gasteiger partial charge in [0.05, 0.1) is 10.7 Å². The van der Waals surface area contributed by atoms with E-state index in [1.165, 1.54) is 42.5 Å². The zero-order valence-corrected chi connectivity index (χ0v) is 26.3. The molecule has 3 aromatic rings. The van der Waals surface area contributed by atoms with Gasteiger partial charge in [-0.1, -0.05) is 62.7 Å². The van der Waals surface area contributed by atoms with Gasteiger partial charge in [-0.3, -0.25) is 29.4 Å². The first-order chi connectivity index (χ1) is 22.4. The number of carboxylic acid groups (broad SMARTS) is 1. The van der Waals surface area contributed by atoms with Crippen LogP contribution in [0.5, 0.6) is 5.75 Å². The number of hydrogen-bond donors (Lipinski definition) is 5. The lowest BCUT2D eigenvalue weighted by molar-refractivity contribution is -0.151. The maximum atomic E-state index is 14.0. The zero-order valence-electron chi connectivity index (χ0n) is 25.6. The van der Waals surface area contributed by atoms with E-state index in [-0.39, 0.29) is 32.9 Å². The summed E-state index contributed by atoms with van der Waals surface area (Å²) in [6, 6.07) is 8.62. The third-order valence-electron chi connectivity index (χ3n) is 6.60. The van der Waals surface area contributed by atoms with Gasteiger partial charge in [0.25, 0.3) is 17.7 Å². The van der Waals surface area contributed by atoms with Crippen molar-refractivity contribution in [3.05, 3.63) is 94.0 Å². The molecule has 2 atom stereocenters. The number of ether oxygens (including phenoxy) is 1. The second-order valence-electron chi connectivity index (χ2n) is 11.3. The fourth-order valence-electron chi connectivity index (χ4n) is 4.14. The number of rotatable bonds is 11. The summed E-state index contributed by atoms with van der Waals surface area (Å²) in [6.07, 6.45) is 0. The van der Waals surface area contributed by atoms with Crippen LogP contribution >= 0.6 is 11.6 Å². The summed E-state index contributed by atoms with van der Waals surface area (Å²) in [5.74, 6) is -14.9. The number of hydrogen-bond acceptors (Lipinski definition) is 7. The predicted octanol–water partition coefficient (Wildman–Crippen LogP) is 3.50. The van der Waals surface area contributed by atoms with Gasteiger partial charge in [0.15, 0.2) is 24.0 Å². The van der Waals surface area contributed by atoms with E-state index >= 15 is 0 Å². The molecular weight excluding hydrogens is 666 g/mol. The number of nitrogens with one attached hydrogen (secondary N) is 3. The fraction of sp³-hybridized carbons (Fsp3) is 0.258. The summed E-state index contributed by atoms with van der Waals surface area (Å²) in [5.41, 5.74) is 7.24. The Labute approximate surface area is 276 Å². The third kappa shape index (κ3) is 9.34. The number of aliphatic carboxylic acids is 1. The highest BCUT2D eigenvalue weighted by Gasteiger charge is 2.36. The first-order valence-electron chi connectivity index (χ1n) is 13.9. The van der Waals surface area contributed by atoms with Crippen molar-refractivity contribution in [1.82, 2.24) is 21.1 Å². The molecule has 3 aromatic carbocycles. The largest absolute Gasteiger partial charge is 0.480 e. The van der Waals surface area contributed by atoms with E-state index in [0.29, 0.717) is 0 Å². The Bertz CT molecular complexity index is 1700. The molecule has 0 heterocycles. The van der Waals surface area contributed by atoms with E-state index in [4.69, 9.17) is 17.3 Å². The van der Waals surface area contributed by atoms with Crippen LogP contribution in [-0.2, 0) is 19.2 Å². The summed E-state index contributed by atoms with van der Waals surface area (Å²) < 4.78 is 59.8. The minimum atomic E-state index is -1.96. The monoisotopic (exact) mass is 695 g/mol. The SMILES string of the molecule is CC(C)(C)C(NC(=O)c1ccc(N)c(Cl)c1)C(=O)NC(C(=O)NN(CC(=O)O)C(=O)COc1c(F)c(F)cc(F)c1F)c1ccccc1. The molecule has 0 bridgehead atoms. The van der Waals surface area contributed by atoms with Gasteiger partial charge >= 0.3 is 5.97 Å². The van der Waals surface area contributed by atoms with Crippen LogP contribution < -0.4 is 26.5 Å². The molecule has 2 unspecified atom stereocenters. The van der Waals surface area contributed by atoms with E-state index in [9.17, 15) is 46.6 Å². The van der Waals surface area contributed by atoms with Crippen LogP contribution in [0.15, 0.2) is 54.6 Å². The van der Waals surface area contributed by atoms with Crippen molar-refractivity contribution >= 4 is 46.9 Å². The second kappa shape index (κ2) is 15.5. The number of carbonyl (C=O) groups excluding carboxylic acids is 4. The summed E-state index contributed by atoms with van der Waals surface area (Å²) >= 11 is 6.03. The van der Waals surface area contributed by atoms with Crippen molar-refractivity contribution in [2.75, 3.05) is 18.9 Å². The molecule has 0 saturated carbocycles. The maximum absolute atomic E-state index is 14.0. The van der Waals surface area contributed by atoms with Crippen molar-refractivity contribution in [2.24, 2.45) is 5.41 Å². The van der Waals surface area contributed by atoms with Crippen LogP contribution in [0.1, 0.15) is 42.7 Å². The first kappa shape index (κ1) is 37.1. The van der Waals surface area contributed by atoms with Gasteiger partial charge in [-0.25, -0.2) is 13.8 Å². The lowest BCUT2D eigenvalue weighted by Crippen LogP contribution is -2.57. The quantitative estimate of drug-likeness (QED) is 0.0875. The van der Waals surface area contributed by atoms with Crippen LogP contribution in [0, 0.1) is 28.7 Å². The van der Waals surface area contributed by atoms with Crippen LogP contribution in [-0.4, -0.2) is 58.9 Å². The number of carbonyl (C=O) groups is 5. The highest BCUT2D eigenvalue weighted by atomic mass is 35.5. The Morgan fingerprint density at radius 3 is 2.06 bits per heavy atom. The molecule has 6 N–H and O–H groups in total. The van der Waals surface area contributed by atoms with Crippen molar-refractivity contribution in [2.45, 2.75) is 32.9 Å². The van der Waals surface area contributed by atoms with Crippen LogP contribution in [0.3, 0.4) is 0 Å². The molecule has 48 heavy (non-hydrogen) atoms. The lowest BCUT2D eigenvalue weighted by atomic mass is 9.85. The number of nitrogens with zero attached hydrogens (tertiary/aromatic N) is 1. The van der Waals surface area contributed by atoms with Gasteiger partial charge in [-0.05, 0) is 29.2 Å². The smallest absolute Gasteiger partial charge is 0.325 e. The van der Waals surface area contributed by atoms with Crippen molar-refractivity contribution in [3.63, 3.8) is 0 Å². The summed E-state index contributed by atoms with van der Waals surface area (Å²) in [6.45, 7) is 2.31. The predicted molar refractivity (Wildman–Crippen MR) is 163 cm³/mol. The minimum Gasteiger partial charge on any atom is -0.480 e. The van der Waals surface area contributed by atoms with Gasteiger partial charge in [-0.2, -0.15) is 8.78 Å². The molecule has 4 amide bonds. The molecule has 17 heteroatoms. The van der Waals surface area contributed by atoms with Gasteiger partial charge in [0.2, 0.25) is 17.5 Å². The van der Waals surface area contributed by atoms with Crippen LogP contribution in [0.2, 0.25) is 5.02 Å². The molecule has 0 aliphatic carbocycles. The zero-order chi connectivity index (χ0) is 35.9. The second-order valence-corrected chi connectivity index (χ2v) is 11.7. The average Bonchev–Trinajstić information content (AvgIpc) is 3.01. The fourth-order valence-corrected chi connectivity index (χ4v) is 4.32. The molecule has 256 valence electrons. The molecule has 0 radical (unpaired) electrons. The maximum Gasteiger partial charge on any atom is 0.325 e. The Kier molecular flexibility index (Phi) is 12.0. The Morgan fingerprint density at radius 1 is 0.917 bits per heavy atom. The van der Waals surface area contributed by atoms with E-state index < -0.39 is 89.3 Å². The normalized spacial score (nSPS) is 12.3. The summed E-state index contributed by atoms with van der Waals surface area (Å²) in [4.78, 5) is 64.6. The number of anilines is 1. The number of amides is 4. The molecule has 12 nitrogen and oxygen atoms in total. The number of hydrazine groups is 1. The Balaban J connectivity index is 1.87. The van der Waals surface area contributed by atoms with Crippen LogP contribution in [0.4, 0.5) is 23.2 Å². The van der Waals surface area contributed by atoms with Gasteiger partial charge in [-0.15, -0.1) is 0 Å². The lowest BCUT2D eigenvalue weighted by Gasteiger charge is -2.32. The number of nitrogen functional groups attached to an aromatic ring is 1. The average molecular weight is 696 g/mol. The van der Waals surface area contributed by atoms with E-state index in [1.807, 2.05) is 5.43 Å². The number of halogens is 5. The first-order valence-corrected chi connectivity index (χ1v) is 14.3. The Hall–Kier alpha value is -5.38. The minimum absolute atomic E-state index is 0.0828. The third-order valence-corrected chi connectivity index (χ3v) is 6.93. The highest BCUT2D eigenvalue weighted by molar-refractivity contribution is 6.33. The standard InChI is InChI=1S/C31H30ClF4N5O7/c1-31(2,3)27(39-28(45)16-9-10-20(37)17(32)11-16)30(47)38-25(15-7-5-4-6-8-15)29(46)40-41(13-22(43)44)21(42)14-48-26-23(35)18(33)12-19(34)24(26)36/h4-12,25,27H,13-14,37H2,1-3H3,(H,38,47)(H,39,45)(H,40,46)(H,43,44).